The maximum Gasteiger partial charge on any atom is 0.227 e. The molecular formula is C16H30N2O. The Hall–Kier alpha value is -0.570. The molecule has 2 fully saturated rings. The molecule has 19 heavy (non-hydrogen) atoms. The maximum atomic E-state index is 12.3. The molecule has 0 aromatic heterocycles. The highest BCUT2D eigenvalue weighted by Gasteiger charge is 2.42. The monoisotopic (exact) mass is 266 g/mol. The van der Waals surface area contributed by atoms with Crippen molar-refractivity contribution < 1.29 is 4.79 Å². The average Bonchev–Trinajstić information content (AvgIpc) is 2.71. The first kappa shape index (κ1) is 14.8. The fourth-order valence-electron chi connectivity index (χ4n) is 3.89. The Bertz CT molecular complexity index is 318. The van der Waals surface area contributed by atoms with Crippen LogP contribution in [0.2, 0.25) is 0 Å². The molecule has 2 saturated carbocycles. The van der Waals surface area contributed by atoms with Gasteiger partial charge in [0.25, 0.3) is 0 Å². The second-order valence-electron chi connectivity index (χ2n) is 7.10. The van der Waals surface area contributed by atoms with Gasteiger partial charge in [0, 0.05) is 12.6 Å². The maximum absolute atomic E-state index is 12.3. The zero-order chi connectivity index (χ0) is 13.9. The topological polar surface area (TPSA) is 55.1 Å². The first-order valence-corrected chi connectivity index (χ1v) is 8.06. The van der Waals surface area contributed by atoms with E-state index in [2.05, 4.69) is 12.2 Å². The Labute approximate surface area is 117 Å². The molecule has 2 rings (SSSR count). The van der Waals surface area contributed by atoms with Gasteiger partial charge in [-0.25, -0.2) is 0 Å². The second-order valence-corrected chi connectivity index (χ2v) is 7.10. The highest BCUT2D eigenvalue weighted by molar-refractivity contribution is 5.83. The zero-order valence-corrected chi connectivity index (χ0v) is 12.6. The van der Waals surface area contributed by atoms with Crippen molar-refractivity contribution in [3.63, 3.8) is 0 Å². The van der Waals surface area contributed by atoms with Crippen LogP contribution in [0, 0.1) is 17.3 Å². The first-order valence-electron chi connectivity index (χ1n) is 8.06. The molecule has 4 atom stereocenters. The molecule has 110 valence electrons. The summed E-state index contributed by atoms with van der Waals surface area (Å²) in [6.45, 7) is 5.21. The van der Waals surface area contributed by atoms with Gasteiger partial charge in [-0.3, -0.25) is 4.79 Å². The van der Waals surface area contributed by atoms with Crippen molar-refractivity contribution in [1.29, 1.82) is 0 Å². The van der Waals surface area contributed by atoms with Crippen LogP contribution in [0.3, 0.4) is 0 Å². The molecule has 4 unspecified atom stereocenters. The molecule has 3 heteroatoms. The smallest absolute Gasteiger partial charge is 0.227 e. The number of hydrogen-bond acceptors (Lipinski definition) is 2. The fourth-order valence-corrected chi connectivity index (χ4v) is 3.89. The van der Waals surface area contributed by atoms with E-state index in [1.165, 1.54) is 25.7 Å². The van der Waals surface area contributed by atoms with Gasteiger partial charge in [0.05, 0.1) is 5.41 Å². The van der Waals surface area contributed by atoms with E-state index in [1.807, 2.05) is 6.92 Å². The van der Waals surface area contributed by atoms with E-state index in [1.54, 1.807) is 0 Å². The van der Waals surface area contributed by atoms with Crippen LogP contribution in [-0.2, 0) is 4.79 Å². The minimum atomic E-state index is -0.320. The SMILES string of the molecule is CC1CCCC(CCNC(=O)C2(C)CCCC2N)C1. The van der Waals surface area contributed by atoms with Crippen LogP contribution in [0.5, 0.6) is 0 Å². The summed E-state index contributed by atoms with van der Waals surface area (Å²) >= 11 is 0. The predicted molar refractivity (Wildman–Crippen MR) is 78.7 cm³/mol. The van der Waals surface area contributed by atoms with E-state index in [-0.39, 0.29) is 17.4 Å². The molecule has 2 aliphatic carbocycles. The molecular weight excluding hydrogens is 236 g/mol. The molecule has 0 saturated heterocycles. The highest BCUT2D eigenvalue weighted by atomic mass is 16.2. The molecule has 0 heterocycles. The molecule has 3 N–H and O–H groups in total. The molecule has 1 amide bonds. The molecule has 0 aromatic rings. The quantitative estimate of drug-likeness (QED) is 0.822. The number of carbonyl (C=O) groups excluding carboxylic acids is 1. The van der Waals surface area contributed by atoms with E-state index in [0.29, 0.717) is 0 Å². The van der Waals surface area contributed by atoms with E-state index in [9.17, 15) is 4.79 Å². The lowest BCUT2D eigenvalue weighted by Crippen LogP contribution is -2.47. The van der Waals surface area contributed by atoms with Crippen LogP contribution in [0.1, 0.15) is 65.2 Å². The Morgan fingerprint density at radius 1 is 1.32 bits per heavy atom. The molecule has 3 nitrogen and oxygen atoms in total. The van der Waals surface area contributed by atoms with Gasteiger partial charge in [-0.05, 0) is 44.4 Å². The van der Waals surface area contributed by atoms with E-state index in [4.69, 9.17) is 5.73 Å². The summed E-state index contributed by atoms with van der Waals surface area (Å²) in [6, 6.07) is 0.0437. The second kappa shape index (κ2) is 6.25. The minimum absolute atomic E-state index is 0.0437. The summed E-state index contributed by atoms with van der Waals surface area (Å²) in [6.07, 6.45) is 9.60. The fraction of sp³-hybridized carbons (Fsp3) is 0.938. The van der Waals surface area contributed by atoms with Crippen LogP contribution in [0.4, 0.5) is 0 Å². The average molecular weight is 266 g/mol. The van der Waals surface area contributed by atoms with Crippen molar-refractivity contribution in [2.24, 2.45) is 23.0 Å². The summed E-state index contributed by atoms with van der Waals surface area (Å²) in [5, 5.41) is 3.14. The van der Waals surface area contributed by atoms with Gasteiger partial charge in [0.1, 0.15) is 0 Å². The lowest BCUT2D eigenvalue weighted by molar-refractivity contribution is -0.130. The number of rotatable bonds is 4. The third-order valence-electron chi connectivity index (χ3n) is 5.43. The Balaban J connectivity index is 1.72. The molecule has 0 spiro atoms. The van der Waals surface area contributed by atoms with Crippen molar-refractivity contribution in [2.75, 3.05) is 6.54 Å². The summed E-state index contributed by atoms with van der Waals surface area (Å²) in [5.74, 6) is 1.87. The van der Waals surface area contributed by atoms with Crippen molar-refractivity contribution in [1.82, 2.24) is 5.32 Å². The summed E-state index contributed by atoms with van der Waals surface area (Å²) < 4.78 is 0. The van der Waals surface area contributed by atoms with Crippen molar-refractivity contribution in [2.45, 2.75) is 71.3 Å². The van der Waals surface area contributed by atoms with E-state index < -0.39 is 0 Å². The van der Waals surface area contributed by atoms with Gasteiger partial charge in [-0.1, -0.05) is 32.6 Å². The van der Waals surface area contributed by atoms with Gasteiger partial charge >= 0.3 is 0 Å². The van der Waals surface area contributed by atoms with Gasteiger partial charge in [-0.2, -0.15) is 0 Å². The van der Waals surface area contributed by atoms with Crippen LogP contribution in [-0.4, -0.2) is 18.5 Å². The number of nitrogens with one attached hydrogen (secondary N) is 1. The number of amides is 1. The van der Waals surface area contributed by atoms with Crippen LogP contribution < -0.4 is 11.1 Å². The zero-order valence-electron chi connectivity index (χ0n) is 12.6. The van der Waals surface area contributed by atoms with Crippen LogP contribution in [0.25, 0.3) is 0 Å². The largest absolute Gasteiger partial charge is 0.356 e. The van der Waals surface area contributed by atoms with Crippen molar-refractivity contribution in [3.8, 4) is 0 Å². The molecule has 0 aliphatic heterocycles. The summed E-state index contributed by atoms with van der Waals surface area (Å²) in [5.41, 5.74) is 5.77. The predicted octanol–water partition coefficient (Wildman–Crippen LogP) is 2.84. The van der Waals surface area contributed by atoms with Crippen LogP contribution >= 0.6 is 0 Å². The molecule has 0 aromatic carbocycles. The summed E-state index contributed by atoms with van der Waals surface area (Å²) in [4.78, 5) is 12.3. The highest BCUT2D eigenvalue weighted by Crippen LogP contribution is 2.37. The molecule has 0 radical (unpaired) electrons. The van der Waals surface area contributed by atoms with Crippen LogP contribution in [0.15, 0.2) is 0 Å². The minimum Gasteiger partial charge on any atom is -0.356 e. The van der Waals surface area contributed by atoms with Crippen molar-refractivity contribution in [3.05, 3.63) is 0 Å². The standard InChI is InChI=1S/C16H30N2O/c1-12-5-3-6-13(11-12)8-10-18-15(19)16(2)9-4-7-14(16)17/h12-14H,3-11,17H2,1-2H3,(H,18,19). The molecule has 0 bridgehead atoms. The van der Waals surface area contributed by atoms with E-state index in [0.717, 1.165) is 44.1 Å². The normalized spacial score (nSPS) is 39.2. The third-order valence-corrected chi connectivity index (χ3v) is 5.43. The van der Waals surface area contributed by atoms with E-state index >= 15 is 0 Å². The van der Waals surface area contributed by atoms with Gasteiger partial charge < -0.3 is 11.1 Å². The number of hydrogen-bond donors (Lipinski definition) is 2. The first-order chi connectivity index (χ1) is 9.02. The van der Waals surface area contributed by atoms with Gasteiger partial charge in [0.2, 0.25) is 5.91 Å². The number of nitrogens with two attached hydrogens (primary N) is 1. The number of carbonyl (C=O) groups is 1. The molecule has 2 aliphatic rings. The Kier molecular flexibility index (Phi) is 4.88. The van der Waals surface area contributed by atoms with Crippen molar-refractivity contribution >= 4 is 5.91 Å². The lowest BCUT2D eigenvalue weighted by Gasteiger charge is -2.29. The summed E-state index contributed by atoms with van der Waals surface area (Å²) in [7, 11) is 0. The van der Waals surface area contributed by atoms with Gasteiger partial charge in [0.15, 0.2) is 0 Å². The Morgan fingerprint density at radius 2 is 2.11 bits per heavy atom. The third kappa shape index (κ3) is 3.50. The lowest BCUT2D eigenvalue weighted by atomic mass is 9.80. The Morgan fingerprint density at radius 3 is 2.74 bits per heavy atom. The van der Waals surface area contributed by atoms with Gasteiger partial charge in [-0.15, -0.1) is 0 Å².